The van der Waals surface area contributed by atoms with Gasteiger partial charge in [-0.05, 0) is 24.6 Å². The summed E-state index contributed by atoms with van der Waals surface area (Å²) in [7, 11) is 2.89. The summed E-state index contributed by atoms with van der Waals surface area (Å²) in [6.07, 6.45) is 0.594. The van der Waals surface area contributed by atoms with E-state index in [0.717, 1.165) is 0 Å². The fourth-order valence-electron chi connectivity index (χ4n) is 2.21. The molecule has 0 spiro atoms. The highest BCUT2D eigenvalue weighted by Crippen LogP contribution is 2.23. The molecule has 1 aromatic carbocycles. The summed E-state index contributed by atoms with van der Waals surface area (Å²) in [5.41, 5.74) is 0.596. The fourth-order valence-corrected chi connectivity index (χ4v) is 2.38. The predicted molar refractivity (Wildman–Crippen MR) is 78.6 cm³/mol. The molecule has 1 aromatic rings. The average molecular weight is 313 g/mol. The molecular weight excluding hydrogens is 296 g/mol. The normalized spacial score (nSPS) is 21.1. The van der Waals surface area contributed by atoms with E-state index >= 15 is 0 Å². The van der Waals surface area contributed by atoms with E-state index in [1.54, 1.807) is 13.2 Å². The smallest absolute Gasteiger partial charge is 0.339 e. The number of hydrogen-bond acceptors (Lipinski definition) is 5. The van der Waals surface area contributed by atoms with Crippen LogP contribution in [0.2, 0.25) is 5.02 Å². The van der Waals surface area contributed by atoms with Crippen molar-refractivity contribution in [1.29, 1.82) is 0 Å². The van der Waals surface area contributed by atoms with E-state index in [2.05, 4.69) is 15.4 Å². The second-order valence-electron chi connectivity index (χ2n) is 4.72. The van der Waals surface area contributed by atoms with Gasteiger partial charge < -0.3 is 20.1 Å². The number of halogens is 1. The minimum atomic E-state index is -0.531. The third kappa shape index (κ3) is 3.72. The first-order valence-corrected chi connectivity index (χ1v) is 6.88. The van der Waals surface area contributed by atoms with Crippen LogP contribution in [-0.2, 0) is 14.3 Å². The van der Waals surface area contributed by atoms with Crippen molar-refractivity contribution in [3.05, 3.63) is 28.8 Å². The molecule has 0 aromatic heterocycles. The number of ether oxygens (including phenoxy) is 2. The van der Waals surface area contributed by atoms with Crippen LogP contribution in [0.25, 0.3) is 0 Å². The average Bonchev–Trinajstić information content (AvgIpc) is 2.95. The van der Waals surface area contributed by atoms with Gasteiger partial charge in [0.25, 0.3) is 0 Å². The topological polar surface area (TPSA) is 76.7 Å². The quantitative estimate of drug-likeness (QED) is 0.823. The lowest BCUT2D eigenvalue weighted by Crippen LogP contribution is -2.35. The Morgan fingerprint density at radius 1 is 1.38 bits per heavy atom. The first-order chi connectivity index (χ1) is 10.0. The Kier molecular flexibility index (Phi) is 5.17. The molecule has 0 aliphatic carbocycles. The van der Waals surface area contributed by atoms with E-state index in [1.165, 1.54) is 19.2 Å². The molecule has 2 atom stereocenters. The molecule has 0 bridgehead atoms. The maximum absolute atomic E-state index is 12.2. The largest absolute Gasteiger partial charge is 0.465 e. The Labute approximate surface area is 127 Å². The van der Waals surface area contributed by atoms with Gasteiger partial charge in [0.15, 0.2) is 0 Å². The van der Waals surface area contributed by atoms with Gasteiger partial charge in [-0.25, -0.2) is 4.79 Å². The Hall–Kier alpha value is -1.63. The van der Waals surface area contributed by atoms with Crippen molar-refractivity contribution in [2.75, 3.05) is 26.1 Å². The Morgan fingerprint density at radius 3 is 2.76 bits per heavy atom. The van der Waals surface area contributed by atoms with E-state index < -0.39 is 5.97 Å². The monoisotopic (exact) mass is 312 g/mol. The maximum atomic E-state index is 12.2. The van der Waals surface area contributed by atoms with Gasteiger partial charge in [-0.3, -0.25) is 4.79 Å². The van der Waals surface area contributed by atoms with Crippen molar-refractivity contribution in [3.63, 3.8) is 0 Å². The second kappa shape index (κ2) is 6.89. The zero-order valence-electron chi connectivity index (χ0n) is 11.8. The van der Waals surface area contributed by atoms with Crippen molar-refractivity contribution >= 4 is 29.2 Å². The number of rotatable bonds is 4. The van der Waals surface area contributed by atoms with Crippen molar-refractivity contribution in [3.8, 4) is 0 Å². The zero-order valence-corrected chi connectivity index (χ0v) is 12.6. The summed E-state index contributed by atoms with van der Waals surface area (Å²) in [4.78, 5) is 23.9. The molecule has 1 amide bonds. The van der Waals surface area contributed by atoms with Gasteiger partial charge in [-0.1, -0.05) is 11.6 Å². The van der Waals surface area contributed by atoms with Crippen LogP contribution < -0.4 is 10.6 Å². The van der Waals surface area contributed by atoms with E-state index in [1.807, 2.05) is 0 Å². The van der Waals surface area contributed by atoms with Crippen LogP contribution in [0.15, 0.2) is 18.2 Å². The lowest BCUT2D eigenvalue weighted by Gasteiger charge is -2.14. The second-order valence-corrected chi connectivity index (χ2v) is 5.16. The van der Waals surface area contributed by atoms with E-state index in [-0.39, 0.29) is 23.6 Å². The molecule has 1 aliphatic heterocycles. The summed E-state index contributed by atoms with van der Waals surface area (Å²) in [5.74, 6) is -0.766. The van der Waals surface area contributed by atoms with Crippen molar-refractivity contribution in [2.45, 2.75) is 18.6 Å². The third-order valence-corrected chi connectivity index (χ3v) is 3.62. The van der Waals surface area contributed by atoms with Gasteiger partial charge >= 0.3 is 5.97 Å². The summed E-state index contributed by atoms with van der Waals surface area (Å²) in [6, 6.07) is 4.25. The number of hydrogen-bond donors (Lipinski definition) is 2. The molecule has 1 aliphatic rings. The van der Waals surface area contributed by atoms with Crippen LogP contribution >= 0.6 is 11.6 Å². The molecule has 2 N–H and O–H groups in total. The van der Waals surface area contributed by atoms with Crippen LogP contribution in [0.1, 0.15) is 16.8 Å². The molecule has 1 fully saturated rings. The predicted octanol–water partition coefficient (Wildman–Crippen LogP) is 1.44. The fraction of sp³-hybridized carbons (Fsp3) is 0.429. The van der Waals surface area contributed by atoms with E-state index in [4.69, 9.17) is 16.3 Å². The molecule has 7 heteroatoms. The summed E-state index contributed by atoms with van der Waals surface area (Å²) < 4.78 is 9.89. The molecule has 6 nitrogen and oxygen atoms in total. The summed E-state index contributed by atoms with van der Waals surface area (Å²) in [6.45, 7) is 0.619. The van der Waals surface area contributed by atoms with Gasteiger partial charge in [-0.2, -0.15) is 0 Å². The number of benzene rings is 1. The minimum Gasteiger partial charge on any atom is -0.465 e. The van der Waals surface area contributed by atoms with Crippen molar-refractivity contribution in [1.82, 2.24) is 5.32 Å². The van der Waals surface area contributed by atoms with Crippen LogP contribution in [0, 0.1) is 0 Å². The molecule has 0 saturated carbocycles. The standard InChI is InChI=1S/C14H17ClN2O4/c1-20-9-6-12(16-7-9)13(18)17-11-5-8(15)3-4-10(11)14(19)21-2/h3-5,9,12,16H,6-7H2,1-2H3,(H,17,18). The lowest BCUT2D eigenvalue weighted by atomic mass is 10.1. The highest BCUT2D eigenvalue weighted by molar-refractivity contribution is 6.31. The third-order valence-electron chi connectivity index (χ3n) is 3.39. The molecule has 2 rings (SSSR count). The molecule has 21 heavy (non-hydrogen) atoms. The van der Waals surface area contributed by atoms with Crippen LogP contribution in [-0.4, -0.2) is 44.8 Å². The van der Waals surface area contributed by atoms with E-state index in [0.29, 0.717) is 23.7 Å². The minimum absolute atomic E-state index is 0.0141. The highest BCUT2D eigenvalue weighted by atomic mass is 35.5. The SMILES string of the molecule is COC(=O)c1ccc(Cl)cc1NC(=O)C1CC(OC)CN1. The van der Waals surface area contributed by atoms with Crippen LogP contribution in [0.3, 0.4) is 0 Å². The molecule has 1 heterocycles. The summed E-state index contributed by atoms with van der Waals surface area (Å²) in [5, 5.41) is 6.20. The molecule has 1 saturated heterocycles. The van der Waals surface area contributed by atoms with Crippen LogP contribution in [0.5, 0.6) is 0 Å². The number of methoxy groups -OCH3 is 2. The molecule has 114 valence electrons. The van der Waals surface area contributed by atoms with Crippen molar-refractivity contribution < 1.29 is 19.1 Å². The molecule has 2 unspecified atom stereocenters. The Bertz CT molecular complexity index is 550. The number of carbonyl (C=O) groups is 2. The van der Waals surface area contributed by atoms with Crippen LogP contribution in [0.4, 0.5) is 5.69 Å². The first-order valence-electron chi connectivity index (χ1n) is 6.50. The zero-order chi connectivity index (χ0) is 15.4. The molecular formula is C14H17ClN2O4. The Balaban J connectivity index is 2.13. The van der Waals surface area contributed by atoms with Crippen molar-refractivity contribution in [2.24, 2.45) is 0 Å². The van der Waals surface area contributed by atoms with Gasteiger partial charge in [-0.15, -0.1) is 0 Å². The molecule has 0 radical (unpaired) electrons. The Morgan fingerprint density at radius 2 is 2.14 bits per heavy atom. The number of nitrogens with one attached hydrogen (secondary N) is 2. The maximum Gasteiger partial charge on any atom is 0.339 e. The van der Waals surface area contributed by atoms with E-state index in [9.17, 15) is 9.59 Å². The van der Waals surface area contributed by atoms with Gasteiger partial charge in [0.2, 0.25) is 5.91 Å². The van der Waals surface area contributed by atoms with Gasteiger partial charge in [0.1, 0.15) is 0 Å². The van der Waals surface area contributed by atoms with Gasteiger partial charge in [0, 0.05) is 18.7 Å². The highest BCUT2D eigenvalue weighted by Gasteiger charge is 2.30. The number of anilines is 1. The van der Waals surface area contributed by atoms with Gasteiger partial charge in [0.05, 0.1) is 30.5 Å². The lowest BCUT2D eigenvalue weighted by molar-refractivity contribution is -0.118. The first kappa shape index (κ1) is 15.8. The number of carbonyl (C=O) groups excluding carboxylic acids is 2. The number of amides is 1. The number of esters is 1. The summed E-state index contributed by atoms with van der Waals surface area (Å²) >= 11 is 5.91.